The first-order chi connectivity index (χ1) is 11.7. The largest absolute Gasteiger partial charge is 0.467 e. The molecule has 0 saturated carbocycles. The van der Waals surface area contributed by atoms with Crippen molar-refractivity contribution in [1.29, 1.82) is 0 Å². The van der Waals surface area contributed by atoms with Crippen LogP contribution in [0.5, 0.6) is 0 Å². The van der Waals surface area contributed by atoms with Gasteiger partial charge in [-0.3, -0.25) is 4.90 Å². The Bertz CT molecular complexity index is 671. The van der Waals surface area contributed by atoms with Gasteiger partial charge in [-0.1, -0.05) is 30.3 Å². The Morgan fingerprint density at radius 1 is 1.29 bits per heavy atom. The lowest BCUT2D eigenvalue weighted by Gasteiger charge is -2.35. The Kier molecular flexibility index (Phi) is 5.27. The first-order valence-corrected chi connectivity index (χ1v) is 8.15. The molecule has 1 aliphatic heterocycles. The maximum absolute atomic E-state index is 11.8. The van der Waals surface area contributed by atoms with Gasteiger partial charge in [0.1, 0.15) is 5.82 Å². The van der Waals surface area contributed by atoms with E-state index in [1.165, 1.54) is 12.7 Å². The molecule has 0 spiro atoms. The minimum absolute atomic E-state index is 0.0135. The molecular formula is C18H23N3O3. The van der Waals surface area contributed by atoms with Gasteiger partial charge in [-0.15, -0.1) is 0 Å². The van der Waals surface area contributed by atoms with E-state index in [0.29, 0.717) is 13.1 Å². The highest BCUT2D eigenvalue weighted by atomic mass is 16.6. The summed E-state index contributed by atoms with van der Waals surface area (Å²) < 4.78 is 12.6. The third-order valence-corrected chi connectivity index (χ3v) is 4.16. The van der Waals surface area contributed by atoms with Gasteiger partial charge in [-0.2, -0.15) is 0 Å². The molecule has 2 aromatic rings. The molecule has 1 saturated heterocycles. The average Bonchev–Trinajstić information content (AvgIpc) is 3.01. The maximum atomic E-state index is 11.8. The van der Waals surface area contributed by atoms with E-state index in [1.54, 1.807) is 0 Å². The Labute approximate surface area is 142 Å². The van der Waals surface area contributed by atoms with Crippen LogP contribution in [0.3, 0.4) is 0 Å². The molecule has 0 bridgehead atoms. The van der Waals surface area contributed by atoms with Crippen LogP contribution in [0.4, 0.5) is 0 Å². The van der Waals surface area contributed by atoms with Crippen molar-refractivity contribution in [3.63, 3.8) is 0 Å². The number of hydrogen-bond donors (Lipinski definition) is 0. The summed E-state index contributed by atoms with van der Waals surface area (Å²) in [5.41, 5.74) is 1.24. The molecule has 0 unspecified atom stereocenters. The Hall–Kier alpha value is -2.18. The molecule has 2 heterocycles. The van der Waals surface area contributed by atoms with Crippen LogP contribution < -0.4 is 0 Å². The summed E-state index contributed by atoms with van der Waals surface area (Å²) in [6, 6.07) is 10.3. The summed E-state index contributed by atoms with van der Waals surface area (Å²) in [5.74, 6) is 0.663. The quantitative estimate of drug-likeness (QED) is 0.782. The molecule has 3 rings (SSSR count). The second-order valence-corrected chi connectivity index (χ2v) is 6.11. The fraction of sp³-hybridized carbons (Fsp3) is 0.444. The minimum atomic E-state index is -0.531. The van der Waals surface area contributed by atoms with Crippen LogP contribution >= 0.6 is 0 Å². The van der Waals surface area contributed by atoms with E-state index in [0.717, 1.165) is 18.9 Å². The molecule has 1 aromatic heterocycles. The lowest BCUT2D eigenvalue weighted by atomic mass is 10.2. The molecule has 0 N–H and O–H groups in total. The van der Waals surface area contributed by atoms with Gasteiger partial charge in [-0.25, -0.2) is 9.78 Å². The van der Waals surface area contributed by atoms with E-state index in [2.05, 4.69) is 26.6 Å². The number of rotatable bonds is 5. The number of morpholine rings is 1. The Balaban J connectivity index is 1.68. The van der Waals surface area contributed by atoms with E-state index in [-0.39, 0.29) is 12.1 Å². The van der Waals surface area contributed by atoms with Gasteiger partial charge in [0.05, 0.1) is 19.8 Å². The number of carbonyl (C=O) groups is 1. The topological polar surface area (TPSA) is 56.6 Å². The summed E-state index contributed by atoms with van der Waals surface area (Å²) in [7, 11) is 1.39. The van der Waals surface area contributed by atoms with Crippen LogP contribution in [0.1, 0.15) is 18.3 Å². The SMILES string of the molecule is COC(=O)[C@H]1CN(Cc2nccn2Cc2ccccc2)C[C@@H](C)O1. The number of benzene rings is 1. The molecule has 0 amide bonds. The maximum Gasteiger partial charge on any atom is 0.336 e. The fourth-order valence-corrected chi connectivity index (χ4v) is 3.05. The van der Waals surface area contributed by atoms with Gasteiger partial charge in [0, 0.05) is 32.0 Å². The normalized spacial score (nSPS) is 21.6. The first kappa shape index (κ1) is 16.7. The zero-order valence-electron chi connectivity index (χ0n) is 14.1. The van der Waals surface area contributed by atoms with Crippen LogP contribution in [-0.4, -0.2) is 52.8 Å². The van der Waals surface area contributed by atoms with Crippen molar-refractivity contribution in [2.45, 2.75) is 32.2 Å². The number of carbonyl (C=O) groups excluding carboxylic acids is 1. The molecule has 0 aliphatic carbocycles. The van der Waals surface area contributed by atoms with Crippen LogP contribution in [0.2, 0.25) is 0 Å². The van der Waals surface area contributed by atoms with Gasteiger partial charge in [-0.05, 0) is 12.5 Å². The van der Waals surface area contributed by atoms with E-state index in [4.69, 9.17) is 9.47 Å². The number of esters is 1. The van der Waals surface area contributed by atoms with Crippen LogP contribution in [0.25, 0.3) is 0 Å². The highest BCUT2D eigenvalue weighted by molar-refractivity contribution is 5.74. The summed E-state index contributed by atoms with van der Waals surface area (Å²) in [4.78, 5) is 18.5. The van der Waals surface area contributed by atoms with Crippen molar-refractivity contribution in [2.24, 2.45) is 0 Å². The second kappa shape index (κ2) is 7.59. The smallest absolute Gasteiger partial charge is 0.336 e. The van der Waals surface area contributed by atoms with Crippen LogP contribution in [0.15, 0.2) is 42.7 Å². The number of nitrogens with zero attached hydrogens (tertiary/aromatic N) is 3. The molecule has 2 atom stereocenters. The lowest BCUT2D eigenvalue weighted by molar-refractivity contribution is -0.166. The molecule has 1 aliphatic rings. The lowest BCUT2D eigenvalue weighted by Crippen LogP contribution is -2.49. The highest BCUT2D eigenvalue weighted by Crippen LogP contribution is 2.15. The predicted octanol–water partition coefficient (Wildman–Crippen LogP) is 1.69. The van der Waals surface area contributed by atoms with Crippen molar-refractivity contribution in [1.82, 2.24) is 14.5 Å². The van der Waals surface area contributed by atoms with Crippen molar-refractivity contribution in [3.05, 3.63) is 54.1 Å². The summed E-state index contributed by atoms with van der Waals surface area (Å²) in [5, 5.41) is 0. The molecule has 0 radical (unpaired) electrons. The minimum Gasteiger partial charge on any atom is -0.467 e. The van der Waals surface area contributed by atoms with Gasteiger partial charge in [0.25, 0.3) is 0 Å². The fourth-order valence-electron chi connectivity index (χ4n) is 3.05. The monoisotopic (exact) mass is 329 g/mol. The molecule has 24 heavy (non-hydrogen) atoms. The predicted molar refractivity (Wildman–Crippen MR) is 89.4 cm³/mol. The molecule has 6 nitrogen and oxygen atoms in total. The molecule has 1 aromatic carbocycles. The first-order valence-electron chi connectivity index (χ1n) is 8.15. The number of ether oxygens (including phenoxy) is 2. The van der Waals surface area contributed by atoms with Crippen molar-refractivity contribution < 1.29 is 14.3 Å². The van der Waals surface area contributed by atoms with Crippen LogP contribution in [-0.2, 0) is 27.4 Å². The number of methoxy groups -OCH3 is 1. The Morgan fingerprint density at radius 2 is 2.08 bits per heavy atom. The van der Waals surface area contributed by atoms with Gasteiger partial charge in [0.15, 0.2) is 6.10 Å². The standard InChI is InChI=1S/C18H23N3O3/c1-14-10-20(12-16(24-14)18(22)23-2)13-17-19-8-9-21(17)11-15-6-4-3-5-7-15/h3-9,14,16H,10-13H2,1-2H3/t14-,16-/m1/s1. The third kappa shape index (κ3) is 4.01. The van der Waals surface area contributed by atoms with Crippen molar-refractivity contribution >= 4 is 5.97 Å². The van der Waals surface area contributed by atoms with Gasteiger partial charge in [0.2, 0.25) is 0 Å². The van der Waals surface area contributed by atoms with Gasteiger partial charge >= 0.3 is 5.97 Å². The van der Waals surface area contributed by atoms with Crippen LogP contribution in [0, 0.1) is 0 Å². The van der Waals surface area contributed by atoms with E-state index >= 15 is 0 Å². The number of aromatic nitrogens is 2. The summed E-state index contributed by atoms with van der Waals surface area (Å²) >= 11 is 0. The highest BCUT2D eigenvalue weighted by Gasteiger charge is 2.31. The van der Waals surface area contributed by atoms with E-state index in [1.807, 2.05) is 37.5 Å². The Morgan fingerprint density at radius 3 is 2.83 bits per heavy atom. The summed E-state index contributed by atoms with van der Waals surface area (Å²) in [6.07, 6.45) is 3.26. The number of imidazole rings is 1. The van der Waals surface area contributed by atoms with E-state index < -0.39 is 6.10 Å². The molecular weight excluding hydrogens is 306 g/mol. The molecule has 6 heteroatoms. The zero-order valence-corrected chi connectivity index (χ0v) is 14.1. The summed E-state index contributed by atoms with van der Waals surface area (Å²) in [6.45, 7) is 4.73. The van der Waals surface area contributed by atoms with Crippen molar-refractivity contribution in [3.8, 4) is 0 Å². The molecule has 1 fully saturated rings. The van der Waals surface area contributed by atoms with Crippen molar-refractivity contribution in [2.75, 3.05) is 20.2 Å². The third-order valence-electron chi connectivity index (χ3n) is 4.16. The zero-order chi connectivity index (χ0) is 16.9. The average molecular weight is 329 g/mol. The second-order valence-electron chi connectivity index (χ2n) is 6.11. The number of hydrogen-bond acceptors (Lipinski definition) is 5. The molecule has 128 valence electrons. The van der Waals surface area contributed by atoms with Gasteiger partial charge < -0.3 is 14.0 Å². The van der Waals surface area contributed by atoms with E-state index in [9.17, 15) is 4.79 Å².